The van der Waals surface area contributed by atoms with Gasteiger partial charge in [-0.15, -0.1) is 0 Å². The zero-order chi connectivity index (χ0) is 22.3. The Morgan fingerprint density at radius 1 is 1.09 bits per heavy atom. The van der Waals surface area contributed by atoms with Gasteiger partial charge in [0.1, 0.15) is 0 Å². The number of hydrogen-bond acceptors (Lipinski definition) is 10. The largest absolute Gasteiger partial charge is 0.395 e. The Labute approximate surface area is 198 Å². The third-order valence-corrected chi connectivity index (χ3v) is 6.48. The molecular formula is C21H20ClN7OS2. The Hall–Kier alpha value is -2.63. The molecule has 3 heterocycles. The summed E-state index contributed by atoms with van der Waals surface area (Å²) in [5, 5.41) is 17.0. The van der Waals surface area contributed by atoms with Crippen molar-refractivity contribution in [2.75, 3.05) is 18.5 Å². The predicted molar refractivity (Wildman–Crippen MR) is 128 cm³/mol. The molecule has 3 N–H and O–H groups in total. The van der Waals surface area contributed by atoms with Crippen molar-refractivity contribution in [3.05, 3.63) is 65.3 Å². The zero-order valence-corrected chi connectivity index (χ0v) is 19.5. The number of aliphatic hydroxyl groups is 1. The Kier molecular flexibility index (Phi) is 7.61. The first-order chi connectivity index (χ1) is 15.6. The van der Waals surface area contributed by atoms with Crippen molar-refractivity contribution in [3.63, 3.8) is 0 Å². The summed E-state index contributed by atoms with van der Waals surface area (Å²) in [6, 6.07) is 9.56. The van der Waals surface area contributed by atoms with Gasteiger partial charge in [-0.1, -0.05) is 35.1 Å². The van der Waals surface area contributed by atoms with Crippen molar-refractivity contribution in [1.82, 2.24) is 30.2 Å². The molecular weight excluding hydrogens is 466 g/mol. The fourth-order valence-electron chi connectivity index (χ4n) is 2.71. The van der Waals surface area contributed by atoms with Crippen LogP contribution < -0.4 is 10.6 Å². The maximum Gasteiger partial charge on any atom is 0.193 e. The number of aryl methyl sites for hydroxylation is 1. The molecule has 0 unspecified atom stereocenters. The van der Waals surface area contributed by atoms with E-state index in [4.69, 9.17) is 21.7 Å². The summed E-state index contributed by atoms with van der Waals surface area (Å²) in [5.74, 6) is 0.602. The number of aromatic nitrogens is 5. The van der Waals surface area contributed by atoms with Crippen LogP contribution >= 0.6 is 34.7 Å². The first kappa shape index (κ1) is 22.6. The van der Waals surface area contributed by atoms with Gasteiger partial charge in [0, 0.05) is 29.9 Å². The summed E-state index contributed by atoms with van der Waals surface area (Å²) in [5.41, 5.74) is 2.46. The first-order valence-electron chi connectivity index (χ1n) is 9.74. The van der Waals surface area contributed by atoms with E-state index in [0.29, 0.717) is 34.2 Å². The van der Waals surface area contributed by atoms with Gasteiger partial charge in [-0.05, 0) is 36.9 Å². The van der Waals surface area contributed by atoms with Gasteiger partial charge in [0.25, 0.3) is 0 Å². The lowest BCUT2D eigenvalue weighted by Gasteiger charge is -2.05. The molecule has 0 aliphatic rings. The molecule has 0 saturated carbocycles. The third-order valence-electron chi connectivity index (χ3n) is 4.16. The van der Waals surface area contributed by atoms with Gasteiger partial charge in [0.15, 0.2) is 16.1 Å². The van der Waals surface area contributed by atoms with E-state index in [1.807, 2.05) is 37.3 Å². The number of nitrogens with one attached hydrogen (secondary N) is 2. The Balaban J connectivity index is 1.46. The van der Waals surface area contributed by atoms with E-state index >= 15 is 0 Å². The number of halogens is 1. The van der Waals surface area contributed by atoms with Crippen molar-refractivity contribution >= 4 is 45.6 Å². The monoisotopic (exact) mass is 485 g/mol. The fraction of sp³-hybridized carbons (Fsp3) is 0.190. The summed E-state index contributed by atoms with van der Waals surface area (Å²) in [4.78, 5) is 24.2. The van der Waals surface area contributed by atoms with Crippen molar-refractivity contribution in [2.45, 2.75) is 23.5 Å². The van der Waals surface area contributed by atoms with Crippen LogP contribution in [-0.2, 0) is 6.54 Å². The summed E-state index contributed by atoms with van der Waals surface area (Å²) >= 11 is 9.18. The zero-order valence-electron chi connectivity index (χ0n) is 17.1. The molecule has 0 radical (unpaired) electrons. The number of nitrogens with zero attached hydrogens (tertiary/aromatic N) is 5. The second-order valence-electron chi connectivity index (χ2n) is 6.66. The van der Waals surface area contributed by atoms with Gasteiger partial charge in [0.05, 0.1) is 40.3 Å². The Bertz CT molecular complexity index is 1190. The normalized spacial score (nSPS) is 11.0. The van der Waals surface area contributed by atoms with Crippen LogP contribution in [0.25, 0.3) is 10.6 Å². The van der Waals surface area contributed by atoms with E-state index in [1.54, 1.807) is 18.6 Å². The standard InChI is InChI=1S/C21H20ClN7OS2/c1-13-8-16(28-21(27-13)31-17-5-3-2-4-15(17)22)18-11-26-20(32-18)29-19-12-24-14(10-25-19)9-23-6-7-30/h2-5,8,10-12,23,30H,6-7,9H2,1H3,(H,25,26,29). The molecule has 0 aliphatic heterocycles. The quantitative estimate of drug-likeness (QED) is 0.236. The molecule has 0 amide bonds. The highest BCUT2D eigenvalue weighted by Crippen LogP contribution is 2.34. The summed E-state index contributed by atoms with van der Waals surface area (Å²) in [7, 11) is 0. The lowest BCUT2D eigenvalue weighted by atomic mass is 10.3. The number of rotatable bonds is 9. The van der Waals surface area contributed by atoms with Gasteiger partial charge in [-0.25, -0.2) is 19.9 Å². The summed E-state index contributed by atoms with van der Waals surface area (Å²) < 4.78 is 0. The molecule has 164 valence electrons. The molecule has 0 saturated heterocycles. The third kappa shape index (κ3) is 5.99. The van der Waals surface area contributed by atoms with E-state index in [9.17, 15) is 0 Å². The van der Waals surface area contributed by atoms with Gasteiger partial charge in [-0.3, -0.25) is 4.98 Å². The molecule has 0 atom stereocenters. The maximum absolute atomic E-state index is 8.82. The Morgan fingerprint density at radius 3 is 2.75 bits per heavy atom. The molecule has 8 nitrogen and oxygen atoms in total. The van der Waals surface area contributed by atoms with Crippen LogP contribution in [0.5, 0.6) is 0 Å². The van der Waals surface area contributed by atoms with Gasteiger partial charge in [-0.2, -0.15) is 0 Å². The van der Waals surface area contributed by atoms with E-state index in [0.717, 1.165) is 26.9 Å². The fourth-order valence-corrected chi connectivity index (χ4v) is 4.58. The molecule has 0 bridgehead atoms. The highest BCUT2D eigenvalue weighted by molar-refractivity contribution is 7.99. The minimum absolute atomic E-state index is 0.0888. The van der Waals surface area contributed by atoms with Crippen molar-refractivity contribution < 1.29 is 5.11 Å². The SMILES string of the molecule is Cc1cc(-c2cnc(Nc3cnc(CNCCO)cn3)s2)nc(Sc2ccccc2Cl)n1. The van der Waals surface area contributed by atoms with Gasteiger partial charge >= 0.3 is 0 Å². The van der Waals surface area contributed by atoms with Crippen LogP contribution in [0.3, 0.4) is 0 Å². The van der Waals surface area contributed by atoms with E-state index in [1.165, 1.54) is 23.1 Å². The predicted octanol–water partition coefficient (Wildman–Crippen LogP) is 4.33. The number of anilines is 2. The lowest BCUT2D eigenvalue weighted by Crippen LogP contribution is -2.18. The number of aliphatic hydroxyl groups excluding tert-OH is 1. The maximum atomic E-state index is 8.82. The van der Waals surface area contributed by atoms with Crippen LogP contribution in [0, 0.1) is 6.92 Å². The van der Waals surface area contributed by atoms with E-state index < -0.39 is 0 Å². The van der Waals surface area contributed by atoms with Crippen LogP contribution in [0.1, 0.15) is 11.4 Å². The van der Waals surface area contributed by atoms with Crippen LogP contribution in [0.15, 0.2) is 59.0 Å². The second-order valence-corrected chi connectivity index (χ2v) is 9.10. The van der Waals surface area contributed by atoms with Gasteiger partial charge in [0.2, 0.25) is 0 Å². The lowest BCUT2D eigenvalue weighted by molar-refractivity contribution is 0.291. The number of benzene rings is 1. The molecule has 32 heavy (non-hydrogen) atoms. The Morgan fingerprint density at radius 2 is 1.97 bits per heavy atom. The minimum Gasteiger partial charge on any atom is -0.395 e. The first-order valence-corrected chi connectivity index (χ1v) is 11.8. The molecule has 0 spiro atoms. The van der Waals surface area contributed by atoms with Crippen molar-refractivity contribution in [2.24, 2.45) is 0 Å². The molecule has 1 aromatic carbocycles. The molecule has 11 heteroatoms. The number of thiazole rings is 1. The average molecular weight is 486 g/mol. The van der Waals surface area contributed by atoms with Crippen molar-refractivity contribution in [1.29, 1.82) is 0 Å². The molecule has 4 aromatic rings. The number of hydrogen-bond donors (Lipinski definition) is 3. The molecule has 0 aliphatic carbocycles. The van der Waals surface area contributed by atoms with Crippen LogP contribution in [0.2, 0.25) is 5.02 Å². The highest BCUT2D eigenvalue weighted by atomic mass is 35.5. The average Bonchev–Trinajstić information content (AvgIpc) is 3.25. The smallest absolute Gasteiger partial charge is 0.193 e. The topological polar surface area (TPSA) is 109 Å². The molecule has 3 aromatic heterocycles. The van der Waals surface area contributed by atoms with E-state index in [-0.39, 0.29) is 6.61 Å². The molecule has 0 fully saturated rings. The second kappa shape index (κ2) is 10.8. The van der Waals surface area contributed by atoms with Crippen molar-refractivity contribution in [3.8, 4) is 10.6 Å². The van der Waals surface area contributed by atoms with Crippen LogP contribution in [-0.4, -0.2) is 43.2 Å². The van der Waals surface area contributed by atoms with Gasteiger partial charge < -0.3 is 15.7 Å². The summed E-state index contributed by atoms with van der Waals surface area (Å²) in [6.45, 7) is 3.10. The van der Waals surface area contributed by atoms with Crippen LogP contribution in [0.4, 0.5) is 10.9 Å². The highest BCUT2D eigenvalue weighted by Gasteiger charge is 2.12. The molecule has 4 rings (SSSR count). The van der Waals surface area contributed by atoms with E-state index in [2.05, 4.69) is 30.6 Å². The minimum atomic E-state index is 0.0888. The summed E-state index contributed by atoms with van der Waals surface area (Å²) in [6.07, 6.45) is 5.12.